The van der Waals surface area contributed by atoms with Gasteiger partial charge in [-0.2, -0.15) is 0 Å². The maximum atomic E-state index is 12.6. The number of amides is 2. The maximum absolute atomic E-state index is 12.6. The highest BCUT2D eigenvalue weighted by atomic mass is 16.2. The van der Waals surface area contributed by atoms with Crippen LogP contribution in [0.1, 0.15) is 20.8 Å². The lowest BCUT2D eigenvalue weighted by Gasteiger charge is -2.29. The molecule has 0 aliphatic carbocycles. The van der Waals surface area contributed by atoms with Crippen LogP contribution in [-0.4, -0.2) is 23.3 Å². The molecule has 0 saturated carbocycles. The van der Waals surface area contributed by atoms with Crippen molar-refractivity contribution < 1.29 is 9.59 Å². The van der Waals surface area contributed by atoms with E-state index in [1.807, 2.05) is 30.3 Å². The van der Waals surface area contributed by atoms with Crippen molar-refractivity contribution in [2.75, 3.05) is 11.9 Å². The number of carbonyl (C=O) groups excluding carboxylic acids is 2. The maximum Gasteiger partial charge on any atom is 0.237 e. The Kier molecular flexibility index (Phi) is 3.80. The minimum absolute atomic E-state index is 0.0166. The van der Waals surface area contributed by atoms with Gasteiger partial charge in [-0.15, -0.1) is 0 Å². The van der Waals surface area contributed by atoms with Crippen LogP contribution in [0.3, 0.4) is 0 Å². The predicted octanol–water partition coefficient (Wildman–Crippen LogP) is 2.58. The summed E-state index contributed by atoms with van der Waals surface area (Å²) >= 11 is 0. The number of pyridine rings is 1. The molecular formula is C18H21N3O2. The first kappa shape index (κ1) is 15.5. The van der Waals surface area contributed by atoms with Crippen LogP contribution < -0.4 is 10.6 Å². The molecule has 120 valence electrons. The number of rotatable bonds is 2. The van der Waals surface area contributed by atoms with Crippen LogP contribution in [-0.2, 0) is 9.59 Å². The van der Waals surface area contributed by atoms with E-state index in [9.17, 15) is 9.59 Å². The van der Waals surface area contributed by atoms with Crippen LogP contribution in [0.2, 0.25) is 0 Å². The molecule has 2 aromatic rings. The number of hydrogen-bond acceptors (Lipinski definition) is 3. The highest BCUT2D eigenvalue weighted by Crippen LogP contribution is 2.35. The van der Waals surface area contributed by atoms with Crippen molar-refractivity contribution in [3.8, 4) is 0 Å². The second-order valence-electron chi connectivity index (χ2n) is 7.10. The highest BCUT2D eigenvalue weighted by molar-refractivity contribution is 6.08. The van der Waals surface area contributed by atoms with Crippen molar-refractivity contribution in [1.29, 1.82) is 0 Å². The van der Waals surface area contributed by atoms with Gasteiger partial charge in [-0.25, -0.2) is 0 Å². The fourth-order valence-corrected chi connectivity index (χ4v) is 3.10. The Hall–Kier alpha value is -2.43. The molecule has 2 heterocycles. The zero-order valence-electron chi connectivity index (χ0n) is 13.6. The van der Waals surface area contributed by atoms with Crippen LogP contribution in [0, 0.1) is 17.3 Å². The predicted molar refractivity (Wildman–Crippen MR) is 89.8 cm³/mol. The number of anilines is 1. The third kappa shape index (κ3) is 3.04. The molecule has 1 fully saturated rings. The van der Waals surface area contributed by atoms with Crippen molar-refractivity contribution in [2.24, 2.45) is 17.3 Å². The zero-order valence-corrected chi connectivity index (χ0v) is 13.6. The summed E-state index contributed by atoms with van der Waals surface area (Å²) in [4.78, 5) is 29.0. The third-order valence-corrected chi connectivity index (χ3v) is 4.45. The second-order valence-corrected chi connectivity index (χ2v) is 7.10. The Labute approximate surface area is 135 Å². The number of benzene rings is 1. The summed E-state index contributed by atoms with van der Waals surface area (Å²) in [7, 11) is 0. The summed E-state index contributed by atoms with van der Waals surface area (Å²) in [5.74, 6) is -1.11. The molecule has 0 unspecified atom stereocenters. The number of aromatic nitrogens is 1. The smallest absolute Gasteiger partial charge is 0.237 e. The standard InChI is InChI=1S/C18H21N3O2/c1-18(2,3)13-10-20-16(22)15(13)17(23)21-12-6-7-14-11(9-12)5-4-8-19-14/h4-9,13,15H,10H2,1-3H3,(H,20,22)(H,21,23)/t13-,15-/m1/s1. The molecule has 0 radical (unpaired) electrons. The average molecular weight is 311 g/mol. The normalized spacial score (nSPS) is 21.3. The van der Waals surface area contributed by atoms with Gasteiger partial charge >= 0.3 is 0 Å². The molecule has 1 saturated heterocycles. The fourth-order valence-electron chi connectivity index (χ4n) is 3.10. The first-order valence-electron chi connectivity index (χ1n) is 7.79. The second kappa shape index (κ2) is 5.65. The molecule has 1 aromatic carbocycles. The molecule has 1 aromatic heterocycles. The summed E-state index contributed by atoms with van der Waals surface area (Å²) < 4.78 is 0. The van der Waals surface area contributed by atoms with Crippen molar-refractivity contribution in [1.82, 2.24) is 10.3 Å². The summed E-state index contributed by atoms with van der Waals surface area (Å²) in [5.41, 5.74) is 1.44. The van der Waals surface area contributed by atoms with Gasteiger partial charge in [0.05, 0.1) is 5.52 Å². The molecule has 1 aliphatic rings. The quantitative estimate of drug-likeness (QED) is 0.837. The van der Waals surface area contributed by atoms with E-state index >= 15 is 0 Å². The molecule has 2 amide bonds. The molecular weight excluding hydrogens is 290 g/mol. The Morgan fingerprint density at radius 3 is 2.83 bits per heavy atom. The van der Waals surface area contributed by atoms with E-state index < -0.39 is 5.92 Å². The lowest BCUT2D eigenvalue weighted by atomic mass is 9.74. The van der Waals surface area contributed by atoms with E-state index in [0.717, 1.165) is 10.9 Å². The molecule has 3 rings (SSSR count). The summed E-state index contributed by atoms with van der Waals surface area (Å²) in [6, 6.07) is 9.35. The Balaban J connectivity index is 1.83. The van der Waals surface area contributed by atoms with Crippen LogP contribution in [0.5, 0.6) is 0 Å². The minimum Gasteiger partial charge on any atom is -0.355 e. The molecule has 2 N–H and O–H groups in total. The third-order valence-electron chi connectivity index (χ3n) is 4.45. The molecule has 23 heavy (non-hydrogen) atoms. The van der Waals surface area contributed by atoms with Crippen LogP contribution in [0.4, 0.5) is 5.69 Å². The Morgan fingerprint density at radius 2 is 2.09 bits per heavy atom. The summed E-state index contributed by atoms with van der Waals surface area (Å²) in [6.07, 6.45) is 1.73. The average Bonchev–Trinajstić information content (AvgIpc) is 2.89. The number of nitrogens with zero attached hydrogens (tertiary/aromatic N) is 1. The topological polar surface area (TPSA) is 71.1 Å². The fraction of sp³-hybridized carbons (Fsp3) is 0.389. The van der Waals surface area contributed by atoms with E-state index in [0.29, 0.717) is 12.2 Å². The largest absolute Gasteiger partial charge is 0.355 e. The number of nitrogens with one attached hydrogen (secondary N) is 2. The summed E-state index contributed by atoms with van der Waals surface area (Å²) in [6.45, 7) is 6.71. The van der Waals surface area contributed by atoms with Crippen LogP contribution in [0.25, 0.3) is 10.9 Å². The monoisotopic (exact) mass is 311 g/mol. The van der Waals surface area contributed by atoms with Crippen LogP contribution >= 0.6 is 0 Å². The number of hydrogen-bond donors (Lipinski definition) is 2. The van der Waals surface area contributed by atoms with Crippen molar-refractivity contribution >= 4 is 28.4 Å². The first-order chi connectivity index (χ1) is 10.9. The lowest BCUT2D eigenvalue weighted by Crippen LogP contribution is -2.37. The number of fused-ring (bicyclic) bond motifs is 1. The number of carbonyl (C=O) groups is 2. The zero-order chi connectivity index (χ0) is 16.6. The van der Waals surface area contributed by atoms with Crippen LogP contribution in [0.15, 0.2) is 36.5 Å². The Bertz CT molecular complexity index is 764. The van der Waals surface area contributed by atoms with Gasteiger partial charge in [0.1, 0.15) is 5.92 Å². The molecule has 5 heteroatoms. The minimum atomic E-state index is -0.653. The lowest BCUT2D eigenvalue weighted by molar-refractivity contribution is -0.132. The van der Waals surface area contributed by atoms with Gasteiger partial charge in [0, 0.05) is 29.7 Å². The van der Waals surface area contributed by atoms with Gasteiger partial charge in [-0.3, -0.25) is 14.6 Å². The van der Waals surface area contributed by atoms with E-state index in [2.05, 4.69) is 36.4 Å². The van der Waals surface area contributed by atoms with Crippen molar-refractivity contribution in [3.63, 3.8) is 0 Å². The highest BCUT2D eigenvalue weighted by Gasteiger charge is 2.45. The molecule has 2 atom stereocenters. The van der Waals surface area contributed by atoms with E-state index in [1.165, 1.54) is 0 Å². The van der Waals surface area contributed by atoms with E-state index in [-0.39, 0.29) is 23.1 Å². The molecule has 0 spiro atoms. The van der Waals surface area contributed by atoms with Crippen molar-refractivity contribution in [3.05, 3.63) is 36.5 Å². The molecule has 0 bridgehead atoms. The van der Waals surface area contributed by atoms with E-state index in [4.69, 9.17) is 0 Å². The van der Waals surface area contributed by atoms with Gasteiger partial charge in [0.25, 0.3) is 0 Å². The Morgan fingerprint density at radius 1 is 1.30 bits per heavy atom. The van der Waals surface area contributed by atoms with Crippen molar-refractivity contribution in [2.45, 2.75) is 20.8 Å². The molecule has 1 aliphatic heterocycles. The summed E-state index contributed by atoms with van der Waals surface area (Å²) in [5, 5.41) is 6.65. The molecule has 5 nitrogen and oxygen atoms in total. The first-order valence-corrected chi connectivity index (χ1v) is 7.79. The van der Waals surface area contributed by atoms with Gasteiger partial charge < -0.3 is 10.6 Å². The van der Waals surface area contributed by atoms with Gasteiger partial charge in [0.2, 0.25) is 11.8 Å². The van der Waals surface area contributed by atoms with Gasteiger partial charge in [-0.1, -0.05) is 26.8 Å². The van der Waals surface area contributed by atoms with E-state index in [1.54, 1.807) is 6.20 Å². The van der Waals surface area contributed by atoms with Gasteiger partial charge in [-0.05, 0) is 29.7 Å². The van der Waals surface area contributed by atoms with Gasteiger partial charge in [0.15, 0.2) is 0 Å². The SMILES string of the molecule is CC(C)(C)[C@@H]1CNC(=O)[C@@H]1C(=O)Nc1ccc2ncccc2c1.